The van der Waals surface area contributed by atoms with Crippen molar-refractivity contribution in [2.24, 2.45) is 11.3 Å². The van der Waals surface area contributed by atoms with Gasteiger partial charge >= 0.3 is 0 Å². The number of methoxy groups -OCH3 is 1. The zero-order valence-electron chi connectivity index (χ0n) is 25.1. The lowest BCUT2D eigenvalue weighted by Gasteiger charge is -2.52. The highest BCUT2D eigenvalue weighted by Crippen LogP contribution is 2.54. The number of benzene rings is 3. The van der Waals surface area contributed by atoms with E-state index in [1.54, 1.807) is 13.2 Å². The second kappa shape index (κ2) is 10.9. The highest BCUT2D eigenvalue weighted by atomic mass is 19.1. The molecule has 0 N–H and O–H groups in total. The average Bonchev–Trinajstić information content (AvgIpc) is 2.95. The first-order valence-electron chi connectivity index (χ1n) is 15.3. The average molecular weight is 554 g/mol. The summed E-state index contributed by atoms with van der Waals surface area (Å²) in [5.74, 6) is 2.37. The van der Waals surface area contributed by atoms with Crippen LogP contribution >= 0.6 is 0 Å². The Hall–Kier alpha value is -3.27. The molecule has 0 radical (unpaired) electrons. The van der Waals surface area contributed by atoms with Gasteiger partial charge in [0.1, 0.15) is 22.9 Å². The normalized spacial score (nSPS) is 22.1. The largest absolute Gasteiger partial charge is 0.496 e. The van der Waals surface area contributed by atoms with Gasteiger partial charge < -0.3 is 14.4 Å². The summed E-state index contributed by atoms with van der Waals surface area (Å²) in [7, 11) is 1.72. The Morgan fingerprint density at radius 3 is 2.37 bits per heavy atom. The van der Waals surface area contributed by atoms with Crippen molar-refractivity contribution in [1.82, 2.24) is 0 Å². The van der Waals surface area contributed by atoms with Gasteiger partial charge in [0.15, 0.2) is 0 Å². The lowest BCUT2D eigenvalue weighted by molar-refractivity contribution is 0.0529. The summed E-state index contributed by atoms with van der Waals surface area (Å²) in [6.45, 7) is 12.0. The molecule has 0 amide bonds. The number of ether oxygens (including phenoxy) is 2. The lowest BCUT2D eigenvalue weighted by Crippen LogP contribution is -2.47. The molecule has 2 fully saturated rings. The maximum Gasteiger partial charge on any atom is 0.147 e. The number of allylic oxidation sites excluding steroid dienone is 1. The summed E-state index contributed by atoms with van der Waals surface area (Å²) in [6, 6.07) is 20.9. The molecule has 2 unspecified atom stereocenters. The molecule has 2 atom stereocenters. The van der Waals surface area contributed by atoms with E-state index in [1.165, 1.54) is 29.5 Å². The Morgan fingerprint density at radius 1 is 0.976 bits per heavy atom. The highest BCUT2D eigenvalue weighted by Gasteiger charge is 2.45. The molecule has 0 aromatic heterocycles. The fourth-order valence-corrected chi connectivity index (χ4v) is 7.73. The monoisotopic (exact) mass is 553 g/mol. The Kier molecular flexibility index (Phi) is 7.38. The Labute approximate surface area is 245 Å². The van der Waals surface area contributed by atoms with E-state index in [4.69, 9.17) is 9.47 Å². The van der Waals surface area contributed by atoms with Gasteiger partial charge in [-0.15, -0.1) is 6.58 Å². The van der Waals surface area contributed by atoms with Gasteiger partial charge in [0.25, 0.3) is 0 Å². The molecule has 3 nitrogen and oxygen atoms in total. The van der Waals surface area contributed by atoms with Crippen molar-refractivity contribution >= 4 is 5.69 Å². The van der Waals surface area contributed by atoms with E-state index in [0.717, 1.165) is 55.8 Å². The fourth-order valence-electron chi connectivity index (χ4n) is 7.73. The van der Waals surface area contributed by atoms with Gasteiger partial charge in [0, 0.05) is 30.6 Å². The first kappa shape index (κ1) is 27.9. The van der Waals surface area contributed by atoms with E-state index >= 15 is 4.39 Å². The molecular formula is C37H44FNO2. The van der Waals surface area contributed by atoms with Crippen LogP contribution in [0.3, 0.4) is 0 Å². The van der Waals surface area contributed by atoms with Crippen LogP contribution in [0.2, 0.25) is 0 Å². The number of nitrogens with zero attached hydrogens (tertiary/aromatic N) is 1. The van der Waals surface area contributed by atoms with Crippen LogP contribution in [-0.4, -0.2) is 25.8 Å². The van der Waals surface area contributed by atoms with E-state index in [0.29, 0.717) is 17.0 Å². The van der Waals surface area contributed by atoms with Crippen molar-refractivity contribution in [2.45, 2.75) is 76.7 Å². The predicted molar refractivity (Wildman–Crippen MR) is 166 cm³/mol. The molecule has 41 heavy (non-hydrogen) atoms. The molecule has 1 spiro atoms. The molecule has 1 saturated heterocycles. The summed E-state index contributed by atoms with van der Waals surface area (Å²) in [4.78, 5) is 2.23. The summed E-state index contributed by atoms with van der Waals surface area (Å²) in [5, 5.41) is 0. The lowest BCUT2D eigenvalue weighted by atomic mass is 9.57. The van der Waals surface area contributed by atoms with Gasteiger partial charge in [0.05, 0.1) is 12.8 Å². The van der Waals surface area contributed by atoms with Crippen molar-refractivity contribution in [3.63, 3.8) is 0 Å². The number of halogens is 1. The highest BCUT2D eigenvalue weighted by molar-refractivity contribution is 5.59. The quantitative estimate of drug-likeness (QED) is 0.284. The number of piperidine rings is 1. The Bertz CT molecular complexity index is 1390. The second-order valence-electron chi connectivity index (χ2n) is 13.5. The van der Waals surface area contributed by atoms with Gasteiger partial charge in [-0.2, -0.15) is 0 Å². The summed E-state index contributed by atoms with van der Waals surface area (Å²) >= 11 is 0. The molecule has 1 aliphatic heterocycles. The minimum absolute atomic E-state index is 0.0150. The third-order valence-electron chi connectivity index (χ3n) is 9.75. The zero-order chi connectivity index (χ0) is 28.8. The predicted octanol–water partition coefficient (Wildman–Crippen LogP) is 9.06. The van der Waals surface area contributed by atoms with Crippen LogP contribution in [-0.2, 0) is 6.42 Å². The van der Waals surface area contributed by atoms with Crippen LogP contribution in [0.15, 0.2) is 73.3 Å². The van der Waals surface area contributed by atoms with Crippen LogP contribution in [0.5, 0.6) is 11.5 Å². The number of hydrogen-bond acceptors (Lipinski definition) is 3. The van der Waals surface area contributed by atoms with E-state index in [-0.39, 0.29) is 23.3 Å². The van der Waals surface area contributed by atoms with E-state index in [2.05, 4.69) is 86.9 Å². The minimum atomic E-state index is -0.267. The third kappa shape index (κ3) is 5.50. The minimum Gasteiger partial charge on any atom is -0.496 e. The SMILES string of the molecule is C=CC1CC2(CCN(c3cc(OC)c(C4c5ccc(OC(C)(C)C)cc5CCC4c4ccccc4)cc3F)CC2)C1. The molecule has 1 heterocycles. The van der Waals surface area contributed by atoms with Gasteiger partial charge in [-0.25, -0.2) is 4.39 Å². The molecule has 2 aliphatic carbocycles. The Balaban J connectivity index is 1.36. The maximum atomic E-state index is 16.1. The fraction of sp³-hybridized carbons (Fsp3) is 0.459. The Morgan fingerprint density at radius 2 is 1.71 bits per heavy atom. The van der Waals surface area contributed by atoms with Gasteiger partial charge in [-0.05, 0) is 111 Å². The van der Waals surface area contributed by atoms with E-state index in [1.807, 2.05) is 6.07 Å². The molecule has 3 aromatic rings. The smallest absolute Gasteiger partial charge is 0.147 e. The van der Waals surface area contributed by atoms with E-state index in [9.17, 15) is 0 Å². The number of rotatable bonds is 6. The number of fused-ring (bicyclic) bond motifs is 1. The van der Waals surface area contributed by atoms with Crippen LogP contribution in [0.1, 0.15) is 87.0 Å². The van der Waals surface area contributed by atoms with Crippen LogP contribution in [0.4, 0.5) is 10.1 Å². The molecule has 1 saturated carbocycles. The van der Waals surface area contributed by atoms with Gasteiger partial charge in [-0.3, -0.25) is 0 Å². The molecule has 3 aliphatic rings. The zero-order valence-corrected chi connectivity index (χ0v) is 25.1. The van der Waals surface area contributed by atoms with Crippen molar-refractivity contribution in [3.8, 4) is 11.5 Å². The summed E-state index contributed by atoms with van der Waals surface area (Å²) < 4.78 is 28.4. The topological polar surface area (TPSA) is 21.7 Å². The number of hydrogen-bond donors (Lipinski definition) is 0. The summed E-state index contributed by atoms with van der Waals surface area (Å²) in [5.41, 5.74) is 5.55. The van der Waals surface area contributed by atoms with Crippen LogP contribution in [0.25, 0.3) is 0 Å². The summed E-state index contributed by atoms with van der Waals surface area (Å²) in [6.07, 6.45) is 8.74. The van der Waals surface area contributed by atoms with Crippen molar-refractivity contribution in [2.75, 3.05) is 25.1 Å². The van der Waals surface area contributed by atoms with Gasteiger partial charge in [-0.1, -0.05) is 42.5 Å². The standard InChI is InChI=1S/C37H44FNO2/c1-6-25-23-37(24-25)16-18-39(19-17-37)33-22-34(40-5)31(21-32(33)38)35-29(26-10-8-7-9-11-26)14-12-27-20-28(13-15-30(27)35)41-36(2,3)4/h6-11,13,15,20-22,25,29,35H,1,12,14,16-19,23-24H2,2-5H3. The van der Waals surface area contributed by atoms with Crippen molar-refractivity contribution in [1.29, 1.82) is 0 Å². The molecule has 3 aromatic carbocycles. The molecule has 216 valence electrons. The van der Waals surface area contributed by atoms with Gasteiger partial charge in [0.2, 0.25) is 0 Å². The number of anilines is 1. The van der Waals surface area contributed by atoms with Crippen LogP contribution in [0, 0.1) is 17.2 Å². The van der Waals surface area contributed by atoms with Crippen molar-refractivity contribution < 1.29 is 13.9 Å². The van der Waals surface area contributed by atoms with E-state index < -0.39 is 0 Å². The maximum absolute atomic E-state index is 16.1. The van der Waals surface area contributed by atoms with Crippen molar-refractivity contribution in [3.05, 3.63) is 101 Å². The first-order chi connectivity index (χ1) is 19.7. The molecule has 4 heteroatoms. The second-order valence-corrected chi connectivity index (χ2v) is 13.5. The molecular weight excluding hydrogens is 509 g/mol. The number of aryl methyl sites for hydroxylation is 1. The van der Waals surface area contributed by atoms with Crippen LogP contribution < -0.4 is 14.4 Å². The molecule has 0 bridgehead atoms. The third-order valence-corrected chi connectivity index (χ3v) is 9.75. The molecule has 6 rings (SSSR count). The first-order valence-corrected chi connectivity index (χ1v) is 15.3.